The van der Waals surface area contributed by atoms with Gasteiger partial charge in [-0.25, -0.2) is 4.98 Å². The fraction of sp³-hybridized carbons (Fsp3) is 0.308. The fourth-order valence-corrected chi connectivity index (χ4v) is 1.61. The van der Waals surface area contributed by atoms with Crippen molar-refractivity contribution in [1.29, 1.82) is 0 Å². The van der Waals surface area contributed by atoms with E-state index in [1.807, 2.05) is 37.5 Å². The number of aryl methyl sites for hydroxylation is 2. The van der Waals surface area contributed by atoms with E-state index in [9.17, 15) is 0 Å². The van der Waals surface area contributed by atoms with Crippen molar-refractivity contribution in [1.82, 2.24) is 9.55 Å². The number of rotatable bonds is 4. The van der Waals surface area contributed by atoms with Gasteiger partial charge in [0.2, 0.25) is 0 Å². The van der Waals surface area contributed by atoms with Crippen molar-refractivity contribution in [3.05, 3.63) is 48.0 Å². The highest BCUT2D eigenvalue weighted by atomic mass is 16.5. The van der Waals surface area contributed by atoms with Gasteiger partial charge in [-0.1, -0.05) is 18.2 Å². The summed E-state index contributed by atoms with van der Waals surface area (Å²) in [7, 11) is 0. The van der Waals surface area contributed by atoms with Crippen LogP contribution in [-0.4, -0.2) is 16.2 Å². The van der Waals surface area contributed by atoms with Crippen LogP contribution in [0.2, 0.25) is 0 Å². The zero-order valence-corrected chi connectivity index (χ0v) is 9.68. The van der Waals surface area contributed by atoms with E-state index in [1.54, 1.807) is 0 Å². The lowest BCUT2D eigenvalue weighted by Gasteiger charge is -2.09. The van der Waals surface area contributed by atoms with Crippen LogP contribution in [0.25, 0.3) is 0 Å². The molecule has 0 spiro atoms. The Hall–Kier alpha value is -1.77. The van der Waals surface area contributed by atoms with E-state index in [0.717, 1.165) is 18.1 Å². The number of para-hydroxylation sites is 1. The lowest BCUT2D eigenvalue weighted by molar-refractivity contribution is 0.295. The maximum atomic E-state index is 5.72. The number of hydrogen-bond donors (Lipinski definition) is 0. The van der Waals surface area contributed by atoms with Gasteiger partial charge in [0, 0.05) is 12.4 Å². The lowest BCUT2D eigenvalue weighted by Crippen LogP contribution is -2.09. The molecule has 1 aromatic carbocycles. The van der Waals surface area contributed by atoms with Crippen LogP contribution in [-0.2, 0) is 6.54 Å². The molecule has 1 heterocycles. The van der Waals surface area contributed by atoms with Crippen LogP contribution in [0.1, 0.15) is 11.4 Å². The van der Waals surface area contributed by atoms with Crippen LogP contribution >= 0.6 is 0 Å². The third kappa shape index (κ3) is 2.42. The molecule has 2 rings (SSSR count). The van der Waals surface area contributed by atoms with E-state index in [-0.39, 0.29) is 0 Å². The number of benzene rings is 1. The average Bonchev–Trinajstić information content (AvgIpc) is 2.67. The van der Waals surface area contributed by atoms with Gasteiger partial charge in [0.25, 0.3) is 0 Å². The molecular formula is C13H16N2O. The molecule has 0 aliphatic rings. The summed E-state index contributed by atoms with van der Waals surface area (Å²) in [6.45, 7) is 5.55. The molecule has 0 bridgehead atoms. The summed E-state index contributed by atoms with van der Waals surface area (Å²) < 4.78 is 7.80. The summed E-state index contributed by atoms with van der Waals surface area (Å²) in [6, 6.07) is 8.06. The fourth-order valence-electron chi connectivity index (χ4n) is 1.61. The molecule has 84 valence electrons. The van der Waals surface area contributed by atoms with Gasteiger partial charge in [-0.3, -0.25) is 0 Å². The summed E-state index contributed by atoms with van der Waals surface area (Å²) >= 11 is 0. The second-order valence-electron chi connectivity index (χ2n) is 3.78. The largest absolute Gasteiger partial charge is 0.491 e. The standard InChI is InChI=1S/C13H16N2O/c1-11-5-3-4-6-13(11)16-10-9-15-8-7-14-12(15)2/h3-8H,9-10H2,1-2H3. The third-order valence-corrected chi connectivity index (χ3v) is 2.61. The molecule has 0 unspecified atom stereocenters. The van der Waals surface area contributed by atoms with Gasteiger partial charge in [0.05, 0.1) is 6.54 Å². The highest BCUT2D eigenvalue weighted by Gasteiger charge is 1.99. The van der Waals surface area contributed by atoms with E-state index in [1.165, 1.54) is 5.56 Å². The van der Waals surface area contributed by atoms with Crippen molar-refractivity contribution >= 4 is 0 Å². The molecule has 0 N–H and O–H groups in total. The minimum absolute atomic E-state index is 0.669. The Morgan fingerprint density at radius 3 is 2.75 bits per heavy atom. The first-order chi connectivity index (χ1) is 7.77. The Balaban J connectivity index is 1.89. The second-order valence-corrected chi connectivity index (χ2v) is 3.78. The Labute approximate surface area is 95.7 Å². The van der Waals surface area contributed by atoms with Gasteiger partial charge in [0.15, 0.2) is 0 Å². The van der Waals surface area contributed by atoms with Crippen molar-refractivity contribution < 1.29 is 4.74 Å². The molecule has 0 amide bonds. The number of ether oxygens (including phenoxy) is 1. The second kappa shape index (κ2) is 4.84. The number of hydrogen-bond acceptors (Lipinski definition) is 2. The number of nitrogens with zero attached hydrogens (tertiary/aromatic N) is 2. The van der Waals surface area contributed by atoms with Crippen molar-refractivity contribution in [3.8, 4) is 5.75 Å². The zero-order valence-electron chi connectivity index (χ0n) is 9.68. The van der Waals surface area contributed by atoms with Crippen LogP contribution in [0, 0.1) is 13.8 Å². The van der Waals surface area contributed by atoms with Crippen molar-refractivity contribution in [3.63, 3.8) is 0 Å². The molecule has 0 atom stereocenters. The van der Waals surface area contributed by atoms with Crippen LogP contribution in [0.3, 0.4) is 0 Å². The normalized spacial score (nSPS) is 10.4. The van der Waals surface area contributed by atoms with Crippen LogP contribution in [0.15, 0.2) is 36.7 Å². The molecule has 0 radical (unpaired) electrons. The molecular weight excluding hydrogens is 200 g/mol. The smallest absolute Gasteiger partial charge is 0.122 e. The topological polar surface area (TPSA) is 27.1 Å². The third-order valence-electron chi connectivity index (χ3n) is 2.61. The summed E-state index contributed by atoms with van der Waals surface area (Å²) in [5, 5.41) is 0. The van der Waals surface area contributed by atoms with Crippen LogP contribution in [0.4, 0.5) is 0 Å². The Morgan fingerprint density at radius 2 is 2.06 bits per heavy atom. The lowest BCUT2D eigenvalue weighted by atomic mass is 10.2. The summed E-state index contributed by atoms with van der Waals surface area (Å²) in [6.07, 6.45) is 3.78. The van der Waals surface area contributed by atoms with Gasteiger partial charge >= 0.3 is 0 Å². The summed E-state index contributed by atoms with van der Waals surface area (Å²) in [4.78, 5) is 4.17. The zero-order chi connectivity index (χ0) is 11.4. The molecule has 1 aromatic heterocycles. The van der Waals surface area contributed by atoms with E-state index in [0.29, 0.717) is 6.61 Å². The van der Waals surface area contributed by atoms with Crippen molar-refractivity contribution in [2.45, 2.75) is 20.4 Å². The van der Waals surface area contributed by atoms with Gasteiger partial charge in [-0.15, -0.1) is 0 Å². The summed E-state index contributed by atoms with van der Waals surface area (Å²) in [5.74, 6) is 1.98. The molecule has 3 heteroatoms. The highest BCUT2D eigenvalue weighted by Crippen LogP contribution is 2.15. The van der Waals surface area contributed by atoms with Crippen molar-refractivity contribution in [2.24, 2.45) is 0 Å². The molecule has 16 heavy (non-hydrogen) atoms. The van der Waals surface area contributed by atoms with Gasteiger partial charge in [-0.2, -0.15) is 0 Å². The first-order valence-corrected chi connectivity index (χ1v) is 5.43. The van der Waals surface area contributed by atoms with Crippen molar-refractivity contribution in [2.75, 3.05) is 6.61 Å². The van der Waals surface area contributed by atoms with Gasteiger partial charge in [0.1, 0.15) is 18.2 Å². The minimum Gasteiger partial charge on any atom is -0.491 e. The average molecular weight is 216 g/mol. The molecule has 0 aliphatic carbocycles. The maximum absolute atomic E-state index is 5.72. The van der Waals surface area contributed by atoms with Crippen LogP contribution < -0.4 is 4.74 Å². The Morgan fingerprint density at radius 1 is 1.25 bits per heavy atom. The quantitative estimate of drug-likeness (QED) is 0.785. The SMILES string of the molecule is Cc1ccccc1OCCn1ccnc1C. The highest BCUT2D eigenvalue weighted by molar-refractivity contribution is 5.31. The minimum atomic E-state index is 0.669. The number of imidazole rings is 1. The van der Waals surface area contributed by atoms with E-state index in [2.05, 4.69) is 22.5 Å². The number of aromatic nitrogens is 2. The molecule has 0 aliphatic heterocycles. The predicted molar refractivity (Wildman–Crippen MR) is 63.6 cm³/mol. The van der Waals surface area contributed by atoms with Gasteiger partial charge in [-0.05, 0) is 25.5 Å². The molecule has 3 nitrogen and oxygen atoms in total. The maximum Gasteiger partial charge on any atom is 0.122 e. The summed E-state index contributed by atoms with van der Waals surface area (Å²) in [5.41, 5.74) is 1.17. The Bertz CT molecular complexity index is 462. The van der Waals surface area contributed by atoms with E-state index >= 15 is 0 Å². The van der Waals surface area contributed by atoms with E-state index in [4.69, 9.17) is 4.74 Å². The van der Waals surface area contributed by atoms with Gasteiger partial charge < -0.3 is 9.30 Å². The molecule has 0 fully saturated rings. The molecule has 0 saturated carbocycles. The Kier molecular flexibility index (Phi) is 3.25. The predicted octanol–water partition coefficient (Wildman–Crippen LogP) is 2.58. The first-order valence-electron chi connectivity index (χ1n) is 5.43. The van der Waals surface area contributed by atoms with Crippen LogP contribution in [0.5, 0.6) is 5.75 Å². The monoisotopic (exact) mass is 216 g/mol. The molecule has 2 aromatic rings. The first kappa shape index (κ1) is 10.7. The van der Waals surface area contributed by atoms with E-state index < -0.39 is 0 Å². The molecule has 0 saturated heterocycles.